The average Bonchev–Trinajstić information content (AvgIpc) is 2.76. The molecule has 7 nitrogen and oxygen atoms in total. The van der Waals surface area contributed by atoms with E-state index in [1.54, 1.807) is 24.3 Å². The molecule has 0 heterocycles. The first-order valence-electron chi connectivity index (χ1n) is 11.3. The molecule has 31 heavy (non-hydrogen) atoms. The van der Waals surface area contributed by atoms with Crippen molar-refractivity contribution in [3.63, 3.8) is 0 Å². The molecule has 0 saturated heterocycles. The van der Waals surface area contributed by atoms with E-state index in [4.69, 9.17) is 0 Å². The van der Waals surface area contributed by atoms with Crippen LogP contribution >= 0.6 is 0 Å². The molecule has 0 aliphatic heterocycles. The van der Waals surface area contributed by atoms with Crippen LogP contribution in [-0.4, -0.2) is 27.0 Å². The second kappa shape index (κ2) is 10.4. The van der Waals surface area contributed by atoms with E-state index in [-0.39, 0.29) is 17.0 Å². The monoisotopic (exact) mass is 447 g/mol. The van der Waals surface area contributed by atoms with Gasteiger partial charge in [-0.15, -0.1) is 0 Å². The number of anilines is 2. The highest BCUT2D eigenvalue weighted by molar-refractivity contribution is 7.89. The zero-order valence-electron chi connectivity index (χ0n) is 18.4. The van der Waals surface area contributed by atoms with Crippen molar-refractivity contribution in [2.45, 2.75) is 82.2 Å². The minimum Gasteiger partial charge on any atom is -0.380 e. The van der Waals surface area contributed by atoms with Gasteiger partial charge < -0.3 is 10.6 Å². The lowest BCUT2D eigenvalue weighted by Gasteiger charge is -2.34. The lowest BCUT2D eigenvalue weighted by Crippen LogP contribution is -2.50. The summed E-state index contributed by atoms with van der Waals surface area (Å²) in [6.45, 7) is 4.69. The van der Waals surface area contributed by atoms with Crippen LogP contribution in [0.5, 0.6) is 0 Å². The molecule has 0 amide bonds. The maximum atomic E-state index is 12.9. The summed E-state index contributed by atoms with van der Waals surface area (Å²) in [6.07, 6.45) is 7.55. The Kier molecular flexibility index (Phi) is 7.89. The summed E-state index contributed by atoms with van der Waals surface area (Å²) in [5, 5.41) is 6.29. The first kappa shape index (κ1) is 23.5. The molecule has 0 radical (unpaired) electrons. The number of nitrogens with one attached hydrogen (secondary N) is 3. The Morgan fingerprint density at radius 2 is 1.55 bits per heavy atom. The van der Waals surface area contributed by atoms with Gasteiger partial charge in [-0.05, 0) is 38.3 Å². The second-order valence-corrected chi connectivity index (χ2v) is 10.2. The van der Waals surface area contributed by atoms with Crippen LogP contribution in [-0.2, 0) is 10.0 Å². The summed E-state index contributed by atoms with van der Waals surface area (Å²) in [7, 11) is -3.67. The van der Waals surface area contributed by atoms with E-state index < -0.39 is 20.9 Å². The number of rotatable bonds is 11. The van der Waals surface area contributed by atoms with Gasteiger partial charge in [0.2, 0.25) is 10.0 Å². The van der Waals surface area contributed by atoms with Crippen molar-refractivity contribution in [1.29, 1.82) is 0 Å². The molecule has 3 N–H and O–H groups in total. The van der Waals surface area contributed by atoms with Crippen molar-refractivity contribution in [2.24, 2.45) is 0 Å². The van der Waals surface area contributed by atoms with E-state index in [1.165, 1.54) is 0 Å². The fourth-order valence-electron chi connectivity index (χ4n) is 4.08. The smallest absolute Gasteiger partial charge is 0.253 e. The molecule has 0 bridgehead atoms. The Hall–Kier alpha value is -2.19. The normalized spacial score (nSPS) is 19.4. The molecule has 8 heteroatoms. The Bertz CT molecular complexity index is 1040. The summed E-state index contributed by atoms with van der Waals surface area (Å²) in [6, 6.07) is 6.15. The number of benzene rings is 1. The topological polar surface area (TPSA) is 104 Å². The van der Waals surface area contributed by atoms with E-state index >= 15 is 0 Å². The van der Waals surface area contributed by atoms with Crippen LogP contribution in [0.1, 0.15) is 63.9 Å². The van der Waals surface area contributed by atoms with E-state index in [9.17, 15) is 18.0 Å². The zero-order chi connectivity index (χ0) is 22.4. The van der Waals surface area contributed by atoms with Crippen LogP contribution in [0.2, 0.25) is 0 Å². The van der Waals surface area contributed by atoms with Crippen LogP contribution in [0.15, 0.2) is 38.8 Å². The lowest BCUT2D eigenvalue weighted by atomic mass is 9.90. The zero-order valence-corrected chi connectivity index (χ0v) is 19.2. The highest BCUT2D eigenvalue weighted by Gasteiger charge is 2.32. The van der Waals surface area contributed by atoms with Crippen LogP contribution in [0.3, 0.4) is 0 Å². The van der Waals surface area contributed by atoms with Gasteiger partial charge in [0.1, 0.15) is 11.4 Å². The van der Waals surface area contributed by atoms with E-state index in [0.717, 1.165) is 50.5 Å². The fraction of sp³-hybridized carbons (Fsp3) is 0.565. The molecule has 3 rings (SSSR count). The molecular formula is C23H33N3O4S. The molecule has 1 aliphatic carbocycles. The average molecular weight is 448 g/mol. The van der Waals surface area contributed by atoms with Gasteiger partial charge in [-0.3, -0.25) is 9.59 Å². The van der Waals surface area contributed by atoms with Gasteiger partial charge in [0.15, 0.2) is 0 Å². The largest absolute Gasteiger partial charge is 0.380 e. The molecule has 1 fully saturated rings. The van der Waals surface area contributed by atoms with E-state index in [0.29, 0.717) is 24.3 Å². The SMILES string of the molecule is CCCCCCNc1c(N[C@H]2CCCC[C@H]2NS(=O)(=O)c2ccc(C)cc2)c(=O)c1=O. The van der Waals surface area contributed by atoms with Crippen molar-refractivity contribution in [1.82, 2.24) is 4.72 Å². The first-order valence-corrected chi connectivity index (χ1v) is 12.7. The van der Waals surface area contributed by atoms with Crippen LogP contribution in [0.25, 0.3) is 0 Å². The summed E-state index contributed by atoms with van der Waals surface area (Å²) in [4.78, 5) is 24.4. The van der Waals surface area contributed by atoms with Crippen LogP contribution in [0.4, 0.5) is 11.4 Å². The van der Waals surface area contributed by atoms with Gasteiger partial charge in [0.25, 0.3) is 10.9 Å². The van der Waals surface area contributed by atoms with E-state index in [1.807, 2.05) is 6.92 Å². The van der Waals surface area contributed by atoms with Gasteiger partial charge in [0.05, 0.1) is 4.90 Å². The Morgan fingerprint density at radius 3 is 2.23 bits per heavy atom. The van der Waals surface area contributed by atoms with Crippen molar-refractivity contribution in [3.8, 4) is 0 Å². The van der Waals surface area contributed by atoms with Gasteiger partial charge in [-0.25, -0.2) is 13.1 Å². The summed E-state index contributed by atoms with van der Waals surface area (Å²) >= 11 is 0. The third-order valence-electron chi connectivity index (χ3n) is 5.98. The molecule has 1 aliphatic rings. The third-order valence-corrected chi connectivity index (χ3v) is 7.48. The Labute approximate surface area is 184 Å². The van der Waals surface area contributed by atoms with Gasteiger partial charge in [-0.2, -0.15) is 0 Å². The minimum atomic E-state index is -3.67. The summed E-state index contributed by atoms with van der Waals surface area (Å²) in [5.41, 5.74) is 0.609. The standard InChI is InChI=1S/C23H33N3O4S/c1-3-4-5-8-15-24-20-21(23(28)22(20)27)25-18-9-6-7-10-19(18)26-31(29,30)17-13-11-16(2)12-14-17/h11-14,18-19,24-26H,3-10,15H2,1-2H3/t18-,19+/m0/s1. The Morgan fingerprint density at radius 1 is 0.903 bits per heavy atom. The third kappa shape index (κ3) is 5.74. The lowest BCUT2D eigenvalue weighted by molar-refractivity contribution is 0.378. The van der Waals surface area contributed by atoms with Crippen molar-refractivity contribution in [2.75, 3.05) is 17.2 Å². The number of sulfonamides is 1. The Balaban J connectivity index is 1.68. The molecule has 170 valence electrons. The van der Waals surface area contributed by atoms with Crippen LogP contribution < -0.4 is 26.2 Å². The number of unbranched alkanes of at least 4 members (excludes halogenated alkanes) is 3. The molecule has 1 saturated carbocycles. The maximum Gasteiger partial charge on any atom is 0.253 e. The fourth-order valence-corrected chi connectivity index (χ4v) is 5.39. The van der Waals surface area contributed by atoms with Crippen molar-refractivity contribution < 1.29 is 8.42 Å². The maximum absolute atomic E-state index is 12.9. The molecule has 2 atom stereocenters. The summed E-state index contributed by atoms with van der Waals surface area (Å²) < 4.78 is 28.5. The molecule has 0 aromatic heterocycles. The molecule has 2 aromatic rings. The molecule has 0 spiro atoms. The van der Waals surface area contributed by atoms with Gasteiger partial charge in [-0.1, -0.05) is 56.7 Å². The second-order valence-electron chi connectivity index (χ2n) is 8.47. The van der Waals surface area contributed by atoms with Crippen molar-refractivity contribution >= 4 is 21.4 Å². The summed E-state index contributed by atoms with van der Waals surface area (Å²) in [5.74, 6) is 0. The minimum absolute atomic E-state index is 0.228. The van der Waals surface area contributed by atoms with E-state index in [2.05, 4.69) is 22.3 Å². The molecule has 0 unspecified atom stereocenters. The van der Waals surface area contributed by atoms with Crippen molar-refractivity contribution in [3.05, 3.63) is 50.3 Å². The predicted molar refractivity (Wildman–Crippen MR) is 125 cm³/mol. The van der Waals surface area contributed by atoms with Crippen LogP contribution in [0, 0.1) is 6.92 Å². The van der Waals surface area contributed by atoms with Gasteiger partial charge >= 0.3 is 0 Å². The van der Waals surface area contributed by atoms with Gasteiger partial charge in [0, 0.05) is 18.6 Å². The number of aryl methyl sites for hydroxylation is 1. The number of hydrogen-bond acceptors (Lipinski definition) is 6. The first-order chi connectivity index (χ1) is 14.8. The quantitative estimate of drug-likeness (QED) is 0.361. The molecule has 2 aromatic carbocycles. The highest BCUT2D eigenvalue weighted by Crippen LogP contribution is 2.26. The molecular weight excluding hydrogens is 414 g/mol. The predicted octanol–water partition coefficient (Wildman–Crippen LogP) is 3.28. The highest BCUT2D eigenvalue weighted by atomic mass is 32.2. The number of hydrogen-bond donors (Lipinski definition) is 3.